The molecule has 0 aliphatic rings. The van der Waals surface area contributed by atoms with Gasteiger partial charge in [-0.25, -0.2) is 9.59 Å². The highest BCUT2D eigenvalue weighted by Gasteiger charge is 2.28. The summed E-state index contributed by atoms with van der Waals surface area (Å²) in [5.41, 5.74) is -0.779. The molecule has 1 aromatic rings. The summed E-state index contributed by atoms with van der Waals surface area (Å²) in [6.07, 6.45) is 17.5. The molecule has 0 aliphatic heterocycles. The van der Waals surface area contributed by atoms with Gasteiger partial charge in [0.2, 0.25) is 0 Å². The maximum Gasteiger partial charge on any atom is 0.340 e. The van der Waals surface area contributed by atoms with Crippen molar-refractivity contribution in [1.82, 2.24) is 0 Å². The Morgan fingerprint density at radius 3 is 1.79 bits per heavy atom. The van der Waals surface area contributed by atoms with Crippen molar-refractivity contribution < 1.29 is 32.0 Å². The lowest BCUT2D eigenvalue weighted by molar-refractivity contribution is 0.0460. The molecule has 0 atom stereocenters. The minimum atomic E-state index is -4.76. The first-order valence-corrected chi connectivity index (χ1v) is 13.5. The van der Waals surface area contributed by atoms with Gasteiger partial charge in [0.25, 0.3) is 10.1 Å². The predicted molar refractivity (Wildman–Crippen MR) is 133 cm³/mol. The van der Waals surface area contributed by atoms with Crippen molar-refractivity contribution in [2.75, 3.05) is 13.2 Å². The molecule has 0 amide bonds. The number of hydrogen-bond donors (Lipinski definition) is 1. The fourth-order valence-corrected chi connectivity index (χ4v) is 3.91. The minimum absolute atomic E-state index is 0.0141. The molecule has 0 radical (unpaired) electrons. The first-order valence-electron chi connectivity index (χ1n) is 12.1. The molecule has 0 fully saturated rings. The monoisotopic (exact) mass is 494 g/mol. The second kappa shape index (κ2) is 17.1. The van der Waals surface area contributed by atoms with Gasteiger partial charge >= 0.3 is 11.9 Å². The zero-order chi connectivity index (χ0) is 25.2. The largest absolute Gasteiger partial charge is 0.462 e. The SMILES string of the molecule is CCCCC/C=C/CCOC(=O)c1cccc(S(=O)(=O)O)c1C(=O)OCC/C=C/CCCCC. The lowest BCUT2D eigenvalue weighted by atomic mass is 10.1. The maximum absolute atomic E-state index is 12.7. The van der Waals surface area contributed by atoms with Crippen molar-refractivity contribution >= 4 is 22.1 Å². The second-order valence-electron chi connectivity index (χ2n) is 7.94. The van der Waals surface area contributed by atoms with E-state index in [1.54, 1.807) is 0 Å². The molecule has 0 saturated carbocycles. The number of benzene rings is 1. The molecule has 190 valence electrons. The standard InChI is InChI=1S/C26H38O7S/c1-3-5-7-9-11-13-15-20-32-25(27)22-18-17-19-23(34(29,30)31)24(22)26(28)33-21-16-14-12-10-8-6-4-2/h11-14,17-19H,3-10,15-16,20-21H2,1-2H3,(H,29,30,31)/b13-11+,14-12+. The van der Waals surface area contributed by atoms with E-state index in [9.17, 15) is 22.6 Å². The predicted octanol–water partition coefficient (Wildman–Crippen LogP) is 6.30. The summed E-state index contributed by atoms with van der Waals surface area (Å²) in [5, 5.41) is 0. The van der Waals surface area contributed by atoms with E-state index in [-0.39, 0.29) is 18.8 Å². The Morgan fingerprint density at radius 1 is 0.794 bits per heavy atom. The van der Waals surface area contributed by atoms with E-state index >= 15 is 0 Å². The molecule has 0 heterocycles. The molecule has 1 aromatic carbocycles. The van der Waals surface area contributed by atoms with Gasteiger partial charge in [-0.2, -0.15) is 8.42 Å². The van der Waals surface area contributed by atoms with Crippen LogP contribution in [0.3, 0.4) is 0 Å². The fourth-order valence-electron chi connectivity index (χ4n) is 3.21. The summed E-state index contributed by atoms with van der Waals surface area (Å²) in [6.45, 7) is 4.36. The first kappa shape index (κ1) is 29.6. The van der Waals surface area contributed by atoms with Crippen molar-refractivity contribution in [3.05, 3.63) is 53.6 Å². The second-order valence-corrected chi connectivity index (χ2v) is 9.33. The Balaban J connectivity index is 2.78. The molecule has 1 N–H and O–H groups in total. The lowest BCUT2D eigenvalue weighted by Gasteiger charge is -2.12. The molecule has 8 heteroatoms. The third-order valence-corrected chi connectivity index (χ3v) is 5.94. The molecule has 0 aliphatic carbocycles. The van der Waals surface area contributed by atoms with Crippen LogP contribution in [-0.2, 0) is 19.6 Å². The van der Waals surface area contributed by atoms with Gasteiger partial charge in [0.1, 0.15) is 4.90 Å². The van der Waals surface area contributed by atoms with Gasteiger partial charge in [-0.1, -0.05) is 69.9 Å². The zero-order valence-electron chi connectivity index (χ0n) is 20.3. The highest BCUT2D eigenvalue weighted by molar-refractivity contribution is 7.86. The van der Waals surface area contributed by atoms with Crippen LogP contribution in [0.5, 0.6) is 0 Å². The van der Waals surface area contributed by atoms with Crippen molar-refractivity contribution in [1.29, 1.82) is 0 Å². The van der Waals surface area contributed by atoms with Crippen molar-refractivity contribution in [2.45, 2.75) is 83.0 Å². The smallest absolute Gasteiger partial charge is 0.340 e. The quantitative estimate of drug-likeness (QED) is 0.117. The summed E-state index contributed by atoms with van der Waals surface area (Å²) in [4.78, 5) is 24.6. The molecule has 7 nitrogen and oxygen atoms in total. The normalized spacial score (nSPS) is 11.9. The molecule has 0 saturated heterocycles. The summed E-state index contributed by atoms with van der Waals surface area (Å²) < 4.78 is 43.6. The number of esters is 2. The first-order chi connectivity index (χ1) is 16.3. The van der Waals surface area contributed by atoms with Gasteiger partial charge in [0, 0.05) is 0 Å². The topological polar surface area (TPSA) is 107 Å². The van der Waals surface area contributed by atoms with Crippen molar-refractivity contribution in [3.8, 4) is 0 Å². The van der Waals surface area contributed by atoms with Gasteiger partial charge < -0.3 is 9.47 Å². The van der Waals surface area contributed by atoms with Gasteiger partial charge in [-0.05, 0) is 50.7 Å². The van der Waals surface area contributed by atoms with Crippen molar-refractivity contribution in [3.63, 3.8) is 0 Å². The van der Waals surface area contributed by atoms with E-state index in [0.29, 0.717) is 12.8 Å². The summed E-state index contributed by atoms with van der Waals surface area (Å²) in [5.74, 6) is -1.86. The lowest BCUT2D eigenvalue weighted by Crippen LogP contribution is -2.19. The van der Waals surface area contributed by atoms with Crippen LogP contribution in [0.15, 0.2) is 47.4 Å². The average molecular weight is 495 g/mol. The summed E-state index contributed by atoms with van der Waals surface area (Å²) >= 11 is 0. The maximum atomic E-state index is 12.7. The van der Waals surface area contributed by atoms with E-state index in [1.165, 1.54) is 12.1 Å². The van der Waals surface area contributed by atoms with Crippen LogP contribution >= 0.6 is 0 Å². The number of carbonyl (C=O) groups excluding carboxylic acids is 2. The molecule has 0 bridgehead atoms. The highest BCUT2D eigenvalue weighted by Crippen LogP contribution is 2.22. The van der Waals surface area contributed by atoms with Gasteiger partial charge in [0.15, 0.2) is 0 Å². The average Bonchev–Trinajstić information content (AvgIpc) is 2.81. The molecule has 1 rings (SSSR count). The molecular weight excluding hydrogens is 456 g/mol. The third kappa shape index (κ3) is 11.6. The number of carbonyl (C=O) groups is 2. The highest BCUT2D eigenvalue weighted by atomic mass is 32.2. The van der Waals surface area contributed by atoms with Crippen LogP contribution in [-0.4, -0.2) is 38.1 Å². The Labute approximate surface area is 204 Å². The molecule has 0 spiro atoms. The van der Waals surface area contributed by atoms with Crippen LogP contribution in [0.2, 0.25) is 0 Å². The number of hydrogen-bond acceptors (Lipinski definition) is 6. The van der Waals surface area contributed by atoms with Crippen LogP contribution in [0.25, 0.3) is 0 Å². The van der Waals surface area contributed by atoms with Crippen molar-refractivity contribution in [2.24, 2.45) is 0 Å². The van der Waals surface area contributed by atoms with Gasteiger partial charge in [-0.15, -0.1) is 0 Å². The molecular formula is C26H38O7S. The molecule has 0 aromatic heterocycles. The Morgan fingerprint density at radius 2 is 1.29 bits per heavy atom. The van der Waals surface area contributed by atoms with Crippen LogP contribution in [0.1, 0.15) is 98.8 Å². The minimum Gasteiger partial charge on any atom is -0.462 e. The van der Waals surface area contributed by atoms with E-state index in [2.05, 4.69) is 13.8 Å². The third-order valence-electron chi connectivity index (χ3n) is 5.05. The Hall–Kier alpha value is -2.45. The number of allylic oxidation sites excluding steroid dienone is 2. The Bertz CT molecular complexity index is 917. The number of rotatable bonds is 17. The summed E-state index contributed by atoms with van der Waals surface area (Å²) in [7, 11) is -4.76. The zero-order valence-corrected chi connectivity index (χ0v) is 21.1. The summed E-state index contributed by atoms with van der Waals surface area (Å²) in [6, 6.07) is 3.60. The van der Waals surface area contributed by atoms with E-state index in [0.717, 1.165) is 57.4 Å². The Kier molecular flexibility index (Phi) is 14.8. The van der Waals surface area contributed by atoms with E-state index in [4.69, 9.17) is 9.47 Å². The van der Waals surface area contributed by atoms with Gasteiger partial charge in [0.05, 0.1) is 24.3 Å². The number of unbranched alkanes of at least 4 members (excludes halogenated alkanes) is 6. The molecule has 34 heavy (non-hydrogen) atoms. The van der Waals surface area contributed by atoms with E-state index < -0.39 is 32.5 Å². The fraction of sp³-hybridized carbons (Fsp3) is 0.538. The molecule has 0 unspecified atom stereocenters. The van der Waals surface area contributed by atoms with Gasteiger partial charge in [-0.3, -0.25) is 4.55 Å². The van der Waals surface area contributed by atoms with Crippen LogP contribution in [0.4, 0.5) is 0 Å². The van der Waals surface area contributed by atoms with Crippen LogP contribution in [0, 0.1) is 0 Å². The van der Waals surface area contributed by atoms with Crippen LogP contribution < -0.4 is 0 Å². The van der Waals surface area contributed by atoms with E-state index in [1.807, 2.05) is 24.3 Å². The number of ether oxygens (including phenoxy) is 2.